The first-order valence-electron chi connectivity index (χ1n) is 10.0. The highest BCUT2D eigenvalue weighted by molar-refractivity contribution is 9.10. The number of pyridine rings is 2. The molecule has 5 rings (SSSR count). The van der Waals surface area contributed by atoms with Gasteiger partial charge < -0.3 is 4.90 Å². The zero-order valence-corrected chi connectivity index (χ0v) is 17.9. The van der Waals surface area contributed by atoms with E-state index in [2.05, 4.69) is 66.9 Å². The quantitative estimate of drug-likeness (QED) is 0.578. The Labute approximate surface area is 179 Å². The lowest BCUT2D eigenvalue weighted by molar-refractivity contribution is 0.157. The minimum Gasteiger partial charge on any atom is -0.369 e. The maximum atomic E-state index is 9.45. The van der Waals surface area contributed by atoms with Crippen molar-refractivity contribution in [3.8, 4) is 6.07 Å². The molecule has 0 unspecified atom stereocenters. The summed E-state index contributed by atoms with van der Waals surface area (Å²) in [6.45, 7) is 6.22. The maximum absolute atomic E-state index is 9.45. The molecule has 0 amide bonds. The first kappa shape index (κ1) is 18.5. The topological polar surface area (TPSA) is 56.1 Å². The van der Waals surface area contributed by atoms with Crippen molar-refractivity contribution < 1.29 is 0 Å². The first-order valence-corrected chi connectivity index (χ1v) is 10.8. The van der Waals surface area contributed by atoms with Gasteiger partial charge in [0, 0.05) is 60.2 Å². The predicted octanol–water partition coefficient (Wildman–Crippen LogP) is 4.49. The lowest BCUT2D eigenvalue weighted by Gasteiger charge is -2.42. The van der Waals surface area contributed by atoms with Gasteiger partial charge in [-0.25, -0.2) is 0 Å². The van der Waals surface area contributed by atoms with Crippen LogP contribution >= 0.6 is 15.9 Å². The molecule has 2 aliphatic heterocycles. The van der Waals surface area contributed by atoms with Crippen LogP contribution in [0.5, 0.6) is 0 Å². The lowest BCUT2D eigenvalue weighted by Crippen LogP contribution is -2.49. The number of rotatable bonds is 2. The van der Waals surface area contributed by atoms with E-state index in [-0.39, 0.29) is 0 Å². The first-order chi connectivity index (χ1) is 14.1. The Morgan fingerprint density at radius 2 is 2.07 bits per heavy atom. The van der Waals surface area contributed by atoms with Crippen LogP contribution in [0.2, 0.25) is 0 Å². The summed E-state index contributed by atoms with van der Waals surface area (Å²) in [4.78, 5) is 14.2. The fourth-order valence-electron chi connectivity index (χ4n) is 4.82. The van der Waals surface area contributed by atoms with Crippen LogP contribution in [0.25, 0.3) is 10.9 Å². The van der Waals surface area contributed by atoms with Crippen LogP contribution in [0, 0.1) is 17.2 Å². The summed E-state index contributed by atoms with van der Waals surface area (Å²) in [5, 5.41) is 10.5. The second-order valence-corrected chi connectivity index (χ2v) is 9.12. The fraction of sp³-hybridized carbons (Fsp3) is 0.348. The largest absolute Gasteiger partial charge is 0.369 e. The molecule has 0 saturated carbocycles. The summed E-state index contributed by atoms with van der Waals surface area (Å²) in [6.07, 6.45) is 4.85. The van der Waals surface area contributed by atoms with Gasteiger partial charge in [-0.15, -0.1) is 0 Å². The van der Waals surface area contributed by atoms with Crippen LogP contribution in [0.1, 0.15) is 30.2 Å². The van der Waals surface area contributed by atoms with E-state index in [9.17, 15) is 5.26 Å². The second-order valence-electron chi connectivity index (χ2n) is 8.21. The number of benzene rings is 1. The van der Waals surface area contributed by atoms with Crippen molar-refractivity contribution in [1.29, 1.82) is 5.26 Å². The van der Waals surface area contributed by atoms with Crippen molar-refractivity contribution in [2.75, 3.05) is 18.0 Å². The van der Waals surface area contributed by atoms with Gasteiger partial charge >= 0.3 is 0 Å². The molecule has 2 aromatic heterocycles. The van der Waals surface area contributed by atoms with Crippen LogP contribution in [-0.4, -0.2) is 34.0 Å². The highest BCUT2D eigenvalue weighted by Gasteiger charge is 2.33. The Balaban J connectivity index is 1.45. The Hall–Kier alpha value is -2.49. The van der Waals surface area contributed by atoms with Gasteiger partial charge in [-0.1, -0.05) is 6.92 Å². The molecule has 3 aromatic rings. The Morgan fingerprint density at radius 1 is 1.17 bits per heavy atom. The summed E-state index contributed by atoms with van der Waals surface area (Å²) in [5.74, 6) is 0.597. The van der Waals surface area contributed by atoms with E-state index in [0.29, 0.717) is 17.5 Å². The number of nitrogens with zero attached hydrogens (tertiary/aromatic N) is 5. The van der Waals surface area contributed by atoms with Crippen LogP contribution < -0.4 is 4.90 Å². The molecule has 1 aromatic carbocycles. The van der Waals surface area contributed by atoms with Crippen molar-refractivity contribution in [1.82, 2.24) is 14.9 Å². The monoisotopic (exact) mass is 447 g/mol. The average molecular weight is 448 g/mol. The minimum absolute atomic E-state index is 0.481. The normalized spacial score (nSPS) is 21.9. The number of hydrogen-bond donors (Lipinski definition) is 0. The van der Waals surface area contributed by atoms with Crippen molar-refractivity contribution in [3.63, 3.8) is 0 Å². The molecule has 6 heteroatoms. The van der Waals surface area contributed by atoms with Gasteiger partial charge in [-0.05, 0) is 64.2 Å². The molecule has 0 aliphatic carbocycles. The standard InChI is InChI=1S/C23H22BrN5/c1-15-7-19(28-12-17-8-18(24)10-27-21(17)14-28)13-29(11-15)22-5-4-16(9-25)23-20(22)3-2-6-26-23/h2-6,8,10,15,19H,7,11-14H2,1H3/t15-,19+/m0/s1. The molecule has 0 N–H and O–H groups in total. The number of anilines is 1. The highest BCUT2D eigenvalue weighted by Crippen LogP contribution is 2.34. The van der Waals surface area contributed by atoms with Gasteiger partial charge in [-0.3, -0.25) is 14.9 Å². The van der Waals surface area contributed by atoms with Gasteiger partial charge in [0.25, 0.3) is 0 Å². The van der Waals surface area contributed by atoms with Crippen molar-refractivity contribution in [2.45, 2.75) is 32.5 Å². The van der Waals surface area contributed by atoms with Crippen LogP contribution in [0.15, 0.2) is 47.2 Å². The van der Waals surface area contributed by atoms with E-state index in [4.69, 9.17) is 0 Å². The molecule has 0 bridgehead atoms. The lowest BCUT2D eigenvalue weighted by atomic mass is 9.93. The Bertz CT molecular complexity index is 1120. The third-order valence-corrected chi connectivity index (χ3v) is 6.55. The molecular formula is C23H22BrN5. The SMILES string of the molecule is C[C@H]1C[C@@H](N2Cc3cc(Br)cnc3C2)CN(c2ccc(C#N)c3ncccc23)C1. The van der Waals surface area contributed by atoms with Gasteiger partial charge in [0.05, 0.1) is 16.8 Å². The molecule has 0 radical (unpaired) electrons. The summed E-state index contributed by atoms with van der Waals surface area (Å²) in [6, 6.07) is 13.0. The molecule has 29 heavy (non-hydrogen) atoms. The number of aromatic nitrogens is 2. The second kappa shape index (κ2) is 7.40. The number of piperidine rings is 1. The van der Waals surface area contributed by atoms with E-state index in [1.165, 1.54) is 23.4 Å². The van der Waals surface area contributed by atoms with E-state index in [0.717, 1.165) is 41.6 Å². The number of nitriles is 1. The van der Waals surface area contributed by atoms with Crippen molar-refractivity contribution in [3.05, 3.63) is 64.0 Å². The summed E-state index contributed by atoms with van der Waals surface area (Å²) in [7, 11) is 0. The van der Waals surface area contributed by atoms with Gasteiger partial charge in [0.1, 0.15) is 6.07 Å². The van der Waals surface area contributed by atoms with E-state index < -0.39 is 0 Å². The molecular weight excluding hydrogens is 426 g/mol. The van der Waals surface area contributed by atoms with Gasteiger partial charge in [0.2, 0.25) is 0 Å². The third kappa shape index (κ3) is 3.39. The number of hydrogen-bond acceptors (Lipinski definition) is 5. The third-order valence-electron chi connectivity index (χ3n) is 6.11. The zero-order chi connectivity index (χ0) is 20.0. The molecule has 2 atom stereocenters. The number of halogens is 1. The Morgan fingerprint density at radius 3 is 2.93 bits per heavy atom. The molecule has 146 valence electrons. The van der Waals surface area contributed by atoms with Crippen LogP contribution in [-0.2, 0) is 13.1 Å². The van der Waals surface area contributed by atoms with E-state index in [1.807, 2.05) is 18.3 Å². The molecule has 1 fully saturated rings. The van der Waals surface area contributed by atoms with Crippen LogP contribution in [0.4, 0.5) is 5.69 Å². The average Bonchev–Trinajstić information content (AvgIpc) is 3.15. The molecule has 2 aliphatic rings. The highest BCUT2D eigenvalue weighted by atomic mass is 79.9. The smallest absolute Gasteiger partial charge is 0.101 e. The molecule has 4 heterocycles. The van der Waals surface area contributed by atoms with Crippen LogP contribution in [0.3, 0.4) is 0 Å². The van der Waals surface area contributed by atoms with Gasteiger partial charge in [0.15, 0.2) is 0 Å². The van der Waals surface area contributed by atoms with E-state index in [1.54, 1.807) is 6.20 Å². The van der Waals surface area contributed by atoms with Crippen molar-refractivity contribution >= 4 is 32.5 Å². The maximum Gasteiger partial charge on any atom is 0.101 e. The summed E-state index contributed by atoms with van der Waals surface area (Å²) < 4.78 is 1.05. The molecule has 0 spiro atoms. The zero-order valence-electron chi connectivity index (χ0n) is 16.3. The minimum atomic E-state index is 0.481. The molecule has 1 saturated heterocycles. The molecule has 5 nitrogen and oxygen atoms in total. The van der Waals surface area contributed by atoms with E-state index >= 15 is 0 Å². The predicted molar refractivity (Wildman–Crippen MR) is 117 cm³/mol. The van der Waals surface area contributed by atoms with Crippen molar-refractivity contribution in [2.24, 2.45) is 5.92 Å². The Kier molecular flexibility index (Phi) is 4.73. The fourth-order valence-corrected chi connectivity index (χ4v) is 5.20. The summed E-state index contributed by atoms with van der Waals surface area (Å²) >= 11 is 3.55. The van der Waals surface area contributed by atoms with Gasteiger partial charge in [-0.2, -0.15) is 5.26 Å². The number of fused-ring (bicyclic) bond motifs is 2. The summed E-state index contributed by atoms with van der Waals surface area (Å²) in [5.41, 5.74) is 5.15.